The molecule has 5 nitrogen and oxygen atoms in total. The lowest BCUT2D eigenvalue weighted by molar-refractivity contribution is -0.130. The topological polar surface area (TPSA) is 75.6 Å². The number of sulfone groups is 1. The van der Waals surface area contributed by atoms with Gasteiger partial charge in [-0.1, -0.05) is 0 Å². The predicted octanol–water partition coefficient (Wildman–Crippen LogP) is -1.48. The maximum atomic E-state index is 11.2. The molecule has 6 heteroatoms. The molecule has 0 bridgehead atoms. The van der Waals surface area contributed by atoms with Gasteiger partial charge >= 0.3 is 0 Å². The Morgan fingerprint density at radius 3 is 2.43 bits per heavy atom. The Kier molecular flexibility index (Phi) is 2.34. The molecule has 2 N–H and O–H groups in total. The third kappa shape index (κ3) is 1.93. The van der Waals surface area contributed by atoms with Gasteiger partial charge in [0.05, 0.1) is 29.3 Å². The molecule has 2 aliphatic rings. The molecule has 0 spiro atoms. The zero-order valence-corrected chi connectivity index (χ0v) is 8.88. The number of rotatable bonds is 2. The Morgan fingerprint density at radius 1 is 1.43 bits per heavy atom. The Hall–Kier alpha value is -0.170. The first-order valence-corrected chi connectivity index (χ1v) is 6.49. The van der Waals surface area contributed by atoms with Crippen LogP contribution in [0.1, 0.15) is 6.92 Å². The maximum Gasteiger partial charge on any atom is 0.155 e. The lowest BCUT2D eigenvalue weighted by atomic mass is 9.99. The van der Waals surface area contributed by atoms with Gasteiger partial charge in [0.15, 0.2) is 9.84 Å². The first kappa shape index (κ1) is 10.4. The van der Waals surface area contributed by atoms with Crippen molar-refractivity contribution in [1.29, 1.82) is 0 Å². The molecule has 2 aliphatic heterocycles. The molecule has 0 radical (unpaired) electrons. The smallest absolute Gasteiger partial charge is 0.155 e. The van der Waals surface area contributed by atoms with Gasteiger partial charge in [0, 0.05) is 13.1 Å². The van der Waals surface area contributed by atoms with Crippen molar-refractivity contribution in [2.75, 3.05) is 24.6 Å². The summed E-state index contributed by atoms with van der Waals surface area (Å²) in [4.78, 5) is 0. The lowest BCUT2D eigenvalue weighted by Gasteiger charge is -2.41. The van der Waals surface area contributed by atoms with E-state index in [0.717, 1.165) is 13.1 Å². The minimum atomic E-state index is -3.10. The van der Waals surface area contributed by atoms with E-state index in [4.69, 9.17) is 4.74 Å². The molecular weight excluding hydrogens is 206 g/mol. The largest absolute Gasteiger partial charge is 0.389 e. The van der Waals surface area contributed by atoms with Gasteiger partial charge in [-0.05, 0) is 6.92 Å². The van der Waals surface area contributed by atoms with Crippen molar-refractivity contribution in [2.45, 2.75) is 24.7 Å². The number of aliphatic hydroxyl groups excluding tert-OH is 1. The van der Waals surface area contributed by atoms with E-state index in [-0.39, 0.29) is 17.1 Å². The summed E-state index contributed by atoms with van der Waals surface area (Å²) in [5.74, 6) is -0.217. The molecule has 2 unspecified atom stereocenters. The summed E-state index contributed by atoms with van der Waals surface area (Å²) in [7, 11) is -3.10. The van der Waals surface area contributed by atoms with E-state index in [2.05, 4.69) is 5.32 Å². The summed E-state index contributed by atoms with van der Waals surface area (Å²) >= 11 is 0. The number of nitrogens with one attached hydrogen (secondary N) is 1. The number of aliphatic hydroxyl groups is 1. The number of hydrogen-bond donors (Lipinski definition) is 2. The van der Waals surface area contributed by atoms with Crippen molar-refractivity contribution in [3.05, 3.63) is 0 Å². The van der Waals surface area contributed by atoms with Gasteiger partial charge in [0.25, 0.3) is 0 Å². The molecule has 0 aromatic carbocycles. The number of ether oxygens (including phenoxy) is 1. The summed E-state index contributed by atoms with van der Waals surface area (Å²) in [6.45, 7) is 3.35. The minimum Gasteiger partial charge on any atom is -0.389 e. The zero-order valence-electron chi connectivity index (χ0n) is 8.06. The predicted molar refractivity (Wildman–Crippen MR) is 50.8 cm³/mol. The van der Waals surface area contributed by atoms with Gasteiger partial charge in [-0.15, -0.1) is 0 Å². The molecule has 2 saturated heterocycles. The lowest BCUT2D eigenvalue weighted by Crippen LogP contribution is -2.61. The van der Waals surface area contributed by atoms with Crippen molar-refractivity contribution in [1.82, 2.24) is 5.32 Å². The van der Waals surface area contributed by atoms with Crippen LogP contribution in [0.4, 0.5) is 0 Å². The molecule has 2 rings (SSSR count). The molecule has 14 heavy (non-hydrogen) atoms. The highest BCUT2D eigenvalue weighted by atomic mass is 32.2. The van der Waals surface area contributed by atoms with Crippen LogP contribution in [0.15, 0.2) is 0 Å². The fourth-order valence-electron chi connectivity index (χ4n) is 1.84. The normalized spacial score (nSPS) is 39.3. The fraction of sp³-hybridized carbons (Fsp3) is 1.00. The van der Waals surface area contributed by atoms with E-state index in [1.54, 1.807) is 0 Å². The second-order valence-corrected chi connectivity index (χ2v) is 6.51. The van der Waals surface area contributed by atoms with Gasteiger partial charge in [-0.25, -0.2) is 8.42 Å². The van der Waals surface area contributed by atoms with E-state index in [1.807, 2.05) is 6.92 Å². The molecule has 0 aromatic rings. The van der Waals surface area contributed by atoms with Crippen molar-refractivity contribution < 1.29 is 18.3 Å². The molecule has 2 heterocycles. The van der Waals surface area contributed by atoms with E-state index in [9.17, 15) is 13.5 Å². The Morgan fingerprint density at radius 2 is 2.07 bits per heavy atom. The van der Waals surface area contributed by atoms with E-state index in [0.29, 0.717) is 0 Å². The van der Waals surface area contributed by atoms with E-state index in [1.165, 1.54) is 0 Å². The van der Waals surface area contributed by atoms with Gasteiger partial charge in [-0.3, -0.25) is 0 Å². The van der Waals surface area contributed by atoms with Crippen LogP contribution >= 0.6 is 0 Å². The molecule has 2 atom stereocenters. The van der Waals surface area contributed by atoms with Crippen LogP contribution in [0.25, 0.3) is 0 Å². The van der Waals surface area contributed by atoms with Crippen LogP contribution in [0.2, 0.25) is 0 Å². The van der Waals surface area contributed by atoms with Crippen molar-refractivity contribution in [3.8, 4) is 0 Å². The highest BCUT2D eigenvalue weighted by molar-refractivity contribution is 7.91. The second-order valence-electron chi connectivity index (χ2n) is 4.35. The minimum absolute atomic E-state index is 0.0518. The first-order chi connectivity index (χ1) is 6.40. The van der Waals surface area contributed by atoms with Crippen LogP contribution < -0.4 is 5.32 Å². The SMILES string of the molecule is CC1(OC2CS(=O)(=O)CC2O)CNC1. The number of hydrogen-bond acceptors (Lipinski definition) is 5. The van der Waals surface area contributed by atoms with Crippen LogP contribution in [0.3, 0.4) is 0 Å². The Labute approximate surface area is 83.4 Å². The van der Waals surface area contributed by atoms with Gasteiger partial charge < -0.3 is 15.2 Å². The molecule has 0 saturated carbocycles. The van der Waals surface area contributed by atoms with E-state index >= 15 is 0 Å². The Balaban J connectivity index is 1.99. The monoisotopic (exact) mass is 221 g/mol. The van der Waals surface area contributed by atoms with Gasteiger partial charge in [0.2, 0.25) is 0 Å². The van der Waals surface area contributed by atoms with Crippen molar-refractivity contribution in [2.24, 2.45) is 0 Å². The third-order valence-corrected chi connectivity index (χ3v) is 4.39. The van der Waals surface area contributed by atoms with Crippen LogP contribution in [0.5, 0.6) is 0 Å². The molecule has 0 aliphatic carbocycles. The van der Waals surface area contributed by atoms with Crippen LogP contribution in [-0.2, 0) is 14.6 Å². The average molecular weight is 221 g/mol. The van der Waals surface area contributed by atoms with Crippen LogP contribution in [-0.4, -0.2) is 55.9 Å². The summed E-state index contributed by atoms with van der Waals surface area (Å²) in [6.07, 6.45) is -1.41. The van der Waals surface area contributed by atoms with Gasteiger partial charge in [-0.2, -0.15) is 0 Å². The third-order valence-electron chi connectivity index (χ3n) is 2.71. The molecule has 0 aromatic heterocycles. The fourth-order valence-corrected chi connectivity index (χ4v) is 3.50. The molecule has 2 fully saturated rings. The molecule has 82 valence electrons. The zero-order chi connectivity index (χ0) is 10.4. The first-order valence-electron chi connectivity index (χ1n) is 4.67. The molecular formula is C8H15NO4S. The quantitative estimate of drug-likeness (QED) is 0.595. The highest BCUT2D eigenvalue weighted by Gasteiger charge is 2.43. The summed E-state index contributed by atoms with van der Waals surface area (Å²) in [6, 6.07) is 0. The highest BCUT2D eigenvalue weighted by Crippen LogP contribution is 2.24. The summed E-state index contributed by atoms with van der Waals surface area (Å²) < 4.78 is 28.0. The van der Waals surface area contributed by atoms with Crippen molar-refractivity contribution in [3.63, 3.8) is 0 Å². The summed E-state index contributed by atoms with van der Waals surface area (Å²) in [5.41, 5.74) is -0.300. The van der Waals surface area contributed by atoms with Gasteiger partial charge in [0.1, 0.15) is 0 Å². The summed E-state index contributed by atoms with van der Waals surface area (Å²) in [5, 5.41) is 12.5. The van der Waals surface area contributed by atoms with Crippen LogP contribution in [0, 0.1) is 0 Å². The van der Waals surface area contributed by atoms with Crippen molar-refractivity contribution >= 4 is 9.84 Å². The van der Waals surface area contributed by atoms with E-state index < -0.39 is 22.0 Å². The Bertz CT molecular complexity index is 322. The second kappa shape index (κ2) is 3.16. The standard InChI is InChI=1S/C8H15NO4S/c1-8(4-9-5-8)13-7-3-14(11,12)2-6(7)10/h6-7,9-10H,2-5H2,1H3. The maximum absolute atomic E-state index is 11.2. The average Bonchev–Trinajstić information content (AvgIpc) is 2.21. The molecule has 0 amide bonds.